The molecule has 108 valence electrons. The summed E-state index contributed by atoms with van der Waals surface area (Å²) in [6.07, 6.45) is 0.407. The molecule has 0 aromatic heterocycles. The lowest BCUT2D eigenvalue weighted by Crippen LogP contribution is -2.49. The molecule has 0 bridgehead atoms. The molecule has 2 rings (SSSR count). The summed E-state index contributed by atoms with van der Waals surface area (Å²) < 4.78 is 32.9. The summed E-state index contributed by atoms with van der Waals surface area (Å²) in [5, 5.41) is 4.98. The number of carbonyl (C=O) groups is 2. The molecule has 7 heteroatoms. The first kappa shape index (κ1) is 14.2. The largest absolute Gasteiger partial charge is 0.497 e. The molecule has 1 heterocycles. The van der Waals surface area contributed by atoms with Gasteiger partial charge in [-0.25, -0.2) is 8.78 Å². The van der Waals surface area contributed by atoms with Crippen molar-refractivity contribution in [3.05, 3.63) is 29.3 Å². The first-order chi connectivity index (χ1) is 9.56. The Kier molecular flexibility index (Phi) is 4.16. The zero-order valence-electron chi connectivity index (χ0n) is 10.8. The van der Waals surface area contributed by atoms with Crippen molar-refractivity contribution in [3.63, 3.8) is 0 Å². The molecule has 2 N–H and O–H groups in total. The van der Waals surface area contributed by atoms with Gasteiger partial charge in [0.25, 0.3) is 0 Å². The van der Waals surface area contributed by atoms with Crippen molar-refractivity contribution in [2.45, 2.75) is 18.4 Å². The molecular weight excluding hydrogens is 270 g/mol. The first-order valence-electron chi connectivity index (χ1n) is 6.06. The summed E-state index contributed by atoms with van der Waals surface area (Å²) in [7, 11) is 1.31. The average molecular weight is 284 g/mol. The number of methoxy groups -OCH3 is 1. The third-order valence-electron chi connectivity index (χ3n) is 3.35. The van der Waals surface area contributed by atoms with Crippen LogP contribution in [0.4, 0.5) is 8.78 Å². The number of nitrogens with one attached hydrogen (secondary N) is 2. The van der Waals surface area contributed by atoms with Crippen LogP contribution in [0.2, 0.25) is 0 Å². The van der Waals surface area contributed by atoms with Gasteiger partial charge in [-0.3, -0.25) is 9.59 Å². The highest BCUT2D eigenvalue weighted by Gasteiger charge is 2.34. The standard InChI is InChI=1S/C13H14F2N2O3/c1-20-7-2-9(14)13(10(15)3-7)8-5-16-12(19)4-11(8)17-6-18/h2-3,6,8,11H,4-5H2,1H3,(H,16,19)(H,17,18). The second-order valence-corrected chi connectivity index (χ2v) is 4.51. The van der Waals surface area contributed by atoms with Gasteiger partial charge in [-0.05, 0) is 0 Å². The monoisotopic (exact) mass is 284 g/mol. The van der Waals surface area contributed by atoms with Gasteiger partial charge >= 0.3 is 0 Å². The van der Waals surface area contributed by atoms with Crippen LogP contribution < -0.4 is 15.4 Å². The van der Waals surface area contributed by atoms with Crippen LogP contribution in [-0.4, -0.2) is 32.0 Å². The van der Waals surface area contributed by atoms with E-state index in [1.54, 1.807) is 0 Å². The van der Waals surface area contributed by atoms with Gasteiger partial charge in [-0.15, -0.1) is 0 Å². The molecule has 1 aliphatic heterocycles. The summed E-state index contributed by atoms with van der Waals surface area (Å²) in [5.41, 5.74) is -0.162. The van der Waals surface area contributed by atoms with Crippen molar-refractivity contribution in [1.82, 2.24) is 10.6 Å². The van der Waals surface area contributed by atoms with E-state index in [0.717, 1.165) is 12.1 Å². The van der Waals surface area contributed by atoms with Crippen molar-refractivity contribution >= 4 is 12.3 Å². The number of rotatable bonds is 4. The van der Waals surface area contributed by atoms with Crippen LogP contribution in [0.15, 0.2) is 12.1 Å². The Hall–Kier alpha value is -2.18. The van der Waals surface area contributed by atoms with Gasteiger partial charge in [0.1, 0.15) is 17.4 Å². The van der Waals surface area contributed by atoms with Crippen LogP contribution in [-0.2, 0) is 9.59 Å². The molecule has 1 aromatic rings. The molecule has 5 nitrogen and oxygen atoms in total. The Labute approximate surface area is 114 Å². The minimum Gasteiger partial charge on any atom is -0.497 e. The lowest BCUT2D eigenvalue weighted by atomic mass is 9.86. The topological polar surface area (TPSA) is 67.4 Å². The van der Waals surface area contributed by atoms with Gasteiger partial charge in [-0.1, -0.05) is 0 Å². The Morgan fingerprint density at radius 3 is 2.60 bits per heavy atom. The van der Waals surface area contributed by atoms with Crippen LogP contribution in [0.1, 0.15) is 17.9 Å². The molecule has 0 aliphatic carbocycles. The van der Waals surface area contributed by atoms with Gasteiger partial charge in [0.15, 0.2) is 0 Å². The van der Waals surface area contributed by atoms with Crippen molar-refractivity contribution in [1.29, 1.82) is 0 Å². The van der Waals surface area contributed by atoms with Gasteiger partial charge in [0.05, 0.1) is 7.11 Å². The second-order valence-electron chi connectivity index (χ2n) is 4.51. The van der Waals surface area contributed by atoms with Crippen molar-refractivity contribution in [2.75, 3.05) is 13.7 Å². The first-order valence-corrected chi connectivity index (χ1v) is 6.06. The minimum absolute atomic E-state index is 0.0195. The number of hydrogen-bond donors (Lipinski definition) is 2. The highest BCUT2D eigenvalue weighted by molar-refractivity contribution is 5.78. The Bertz CT molecular complexity index is 513. The number of ether oxygens (including phenoxy) is 1. The van der Waals surface area contributed by atoms with E-state index in [0.29, 0.717) is 6.41 Å². The summed E-state index contributed by atoms with van der Waals surface area (Å²) in [6.45, 7) is 0.0600. The molecule has 0 spiro atoms. The van der Waals surface area contributed by atoms with Crippen molar-refractivity contribution < 1.29 is 23.1 Å². The van der Waals surface area contributed by atoms with Gasteiger partial charge in [0, 0.05) is 42.6 Å². The molecular formula is C13H14F2N2O3. The molecule has 1 aliphatic rings. The van der Waals surface area contributed by atoms with Gasteiger partial charge in [0.2, 0.25) is 12.3 Å². The fraction of sp³-hybridized carbons (Fsp3) is 0.385. The fourth-order valence-electron chi connectivity index (χ4n) is 2.38. The van der Waals surface area contributed by atoms with Crippen LogP contribution >= 0.6 is 0 Å². The van der Waals surface area contributed by atoms with Crippen LogP contribution in [0, 0.1) is 11.6 Å². The molecule has 20 heavy (non-hydrogen) atoms. The number of carbonyl (C=O) groups excluding carboxylic acids is 2. The van der Waals surface area contributed by atoms with Crippen LogP contribution in [0.25, 0.3) is 0 Å². The lowest BCUT2D eigenvalue weighted by molar-refractivity contribution is -0.123. The molecule has 2 atom stereocenters. The van der Waals surface area contributed by atoms with Gasteiger partial charge < -0.3 is 15.4 Å². The van der Waals surface area contributed by atoms with Crippen LogP contribution in [0.5, 0.6) is 5.75 Å². The van der Waals surface area contributed by atoms with E-state index in [4.69, 9.17) is 4.74 Å². The van der Waals surface area contributed by atoms with E-state index in [1.165, 1.54) is 7.11 Å². The number of amides is 2. The van der Waals surface area contributed by atoms with E-state index in [2.05, 4.69) is 10.6 Å². The molecule has 2 amide bonds. The predicted molar refractivity (Wildman–Crippen MR) is 66.3 cm³/mol. The molecule has 1 saturated heterocycles. The Balaban J connectivity index is 2.38. The average Bonchev–Trinajstić information content (AvgIpc) is 2.40. The summed E-state index contributed by atoms with van der Waals surface area (Å²) in [5.74, 6) is -2.39. The summed E-state index contributed by atoms with van der Waals surface area (Å²) >= 11 is 0. The summed E-state index contributed by atoms with van der Waals surface area (Å²) in [4.78, 5) is 21.9. The third kappa shape index (κ3) is 2.71. The van der Waals surface area contributed by atoms with Crippen molar-refractivity contribution in [3.8, 4) is 5.75 Å². The second kappa shape index (κ2) is 5.85. The van der Waals surface area contributed by atoms with E-state index in [1.807, 2.05) is 0 Å². The minimum atomic E-state index is -0.763. The van der Waals surface area contributed by atoms with E-state index < -0.39 is 23.6 Å². The quantitative estimate of drug-likeness (QED) is 0.799. The van der Waals surface area contributed by atoms with E-state index >= 15 is 0 Å². The Morgan fingerprint density at radius 1 is 1.40 bits per heavy atom. The lowest BCUT2D eigenvalue weighted by Gasteiger charge is -2.31. The smallest absolute Gasteiger partial charge is 0.222 e. The van der Waals surface area contributed by atoms with E-state index in [-0.39, 0.29) is 30.2 Å². The molecule has 2 unspecified atom stereocenters. The predicted octanol–water partition coefficient (Wildman–Crippen LogP) is 0.691. The third-order valence-corrected chi connectivity index (χ3v) is 3.35. The van der Waals surface area contributed by atoms with E-state index in [9.17, 15) is 18.4 Å². The molecule has 1 aromatic carbocycles. The number of hydrogen-bond acceptors (Lipinski definition) is 3. The highest BCUT2D eigenvalue weighted by atomic mass is 19.1. The molecule has 0 saturated carbocycles. The zero-order chi connectivity index (χ0) is 14.7. The molecule has 0 radical (unpaired) electrons. The number of halogens is 2. The number of benzene rings is 1. The maximum Gasteiger partial charge on any atom is 0.222 e. The maximum absolute atomic E-state index is 14.0. The highest BCUT2D eigenvalue weighted by Crippen LogP contribution is 2.31. The summed E-state index contributed by atoms with van der Waals surface area (Å²) in [6, 6.07) is 1.51. The van der Waals surface area contributed by atoms with Gasteiger partial charge in [-0.2, -0.15) is 0 Å². The maximum atomic E-state index is 14.0. The zero-order valence-corrected chi connectivity index (χ0v) is 10.8. The SMILES string of the molecule is COc1cc(F)c(C2CNC(=O)CC2NC=O)c(F)c1. The molecule has 1 fully saturated rings. The fourth-order valence-corrected chi connectivity index (χ4v) is 2.38. The Morgan fingerprint density at radius 2 is 2.05 bits per heavy atom. The van der Waals surface area contributed by atoms with Crippen molar-refractivity contribution in [2.24, 2.45) is 0 Å². The normalized spacial score (nSPS) is 22.1. The number of piperidine rings is 1. The van der Waals surface area contributed by atoms with Crippen LogP contribution in [0.3, 0.4) is 0 Å².